The number of hydrogen-bond donors (Lipinski definition) is 2. The van der Waals surface area contributed by atoms with E-state index in [4.69, 9.17) is 11.5 Å². The normalized spacial score (nSPS) is 10.5. The molecule has 5 heteroatoms. The molecule has 0 aliphatic heterocycles. The van der Waals surface area contributed by atoms with Gasteiger partial charge in [-0.05, 0) is 17.7 Å². The maximum atomic E-state index is 5.68. The molecule has 0 aliphatic carbocycles. The number of rotatable bonds is 2. The van der Waals surface area contributed by atoms with Crippen molar-refractivity contribution in [2.45, 2.75) is 6.42 Å². The van der Waals surface area contributed by atoms with Gasteiger partial charge in [-0.2, -0.15) is 10.1 Å². The summed E-state index contributed by atoms with van der Waals surface area (Å²) in [6.45, 7) is 0. The summed E-state index contributed by atoms with van der Waals surface area (Å²) in [7, 11) is 1.77. The van der Waals surface area contributed by atoms with E-state index >= 15 is 0 Å². The summed E-state index contributed by atoms with van der Waals surface area (Å²) in [4.78, 5) is 4.12. The van der Waals surface area contributed by atoms with Crippen molar-refractivity contribution in [1.29, 1.82) is 0 Å². The Kier molecular flexibility index (Phi) is 2.29. The first kappa shape index (κ1) is 9.51. The van der Waals surface area contributed by atoms with Crippen molar-refractivity contribution in [3.63, 3.8) is 0 Å². The molecule has 4 N–H and O–H groups in total. The Morgan fingerprint density at radius 1 is 1.33 bits per heavy atom. The quantitative estimate of drug-likeness (QED) is 0.699. The molecular formula is C10H13N5. The fourth-order valence-electron chi connectivity index (χ4n) is 1.41. The van der Waals surface area contributed by atoms with E-state index in [2.05, 4.69) is 10.1 Å². The zero-order chi connectivity index (χ0) is 10.8. The minimum atomic E-state index is 0.425. The molecule has 0 amide bonds. The van der Waals surface area contributed by atoms with Gasteiger partial charge in [0.15, 0.2) is 5.82 Å². The zero-order valence-corrected chi connectivity index (χ0v) is 8.51. The van der Waals surface area contributed by atoms with E-state index in [1.807, 2.05) is 24.3 Å². The molecular weight excluding hydrogens is 190 g/mol. The lowest BCUT2D eigenvalue weighted by Gasteiger charge is -1.98. The molecule has 0 unspecified atom stereocenters. The molecule has 2 aromatic rings. The number of anilines is 2. The monoisotopic (exact) mass is 203 g/mol. The van der Waals surface area contributed by atoms with Crippen molar-refractivity contribution in [2.75, 3.05) is 11.5 Å². The van der Waals surface area contributed by atoms with Crippen molar-refractivity contribution in [3.05, 3.63) is 35.7 Å². The van der Waals surface area contributed by atoms with E-state index < -0.39 is 0 Å². The third kappa shape index (κ3) is 2.07. The first-order chi connectivity index (χ1) is 7.15. The topological polar surface area (TPSA) is 82.8 Å². The average molecular weight is 203 g/mol. The SMILES string of the molecule is Cn1nc(Cc2cccc(N)c2)nc1N. The highest BCUT2D eigenvalue weighted by Crippen LogP contribution is 2.10. The van der Waals surface area contributed by atoms with E-state index in [1.54, 1.807) is 11.7 Å². The minimum Gasteiger partial charge on any atom is -0.399 e. The molecule has 15 heavy (non-hydrogen) atoms. The second kappa shape index (κ2) is 3.61. The molecule has 0 fully saturated rings. The third-order valence-corrected chi connectivity index (χ3v) is 2.15. The number of hydrogen-bond acceptors (Lipinski definition) is 4. The second-order valence-corrected chi connectivity index (χ2v) is 3.43. The van der Waals surface area contributed by atoms with E-state index in [0.29, 0.717) is 18.2 Å². The molecule has 0 spiro atoms. The molecule has 0 atom stereocenters. The first-order valence-corrected chi connectivity index (χ1v) is 4.65. The van der Waals surface area contributed by atoms with Crippen molar-refractivity contribution >= 4 is 11.6 Å². The maximum absolute atomic E-state index is 5.68. The van der Waals surface area contributed by atoms with E-state index in [9.17, 15) is 0 Å². The lowest BCUT2D eigenvalue weighted by Crippen LogP contribution is -1.97. The van der Waals surface area contributed by atoms with Crippen LogP contribution in [0.3, 0.4) is 0 Å². The van der Waals surface area contributed by atoms with Crippen molar-refractivity contribution < 1.29 is 0 Å². The van der Waals surface area contributed by atoms with Crippen LogP contribution in [0.15, 0.2) is 24.3 Å². The van der Waals surface area contributed by atoms with Crippen LogP contribution in [0.25, 0.3) is 0 Å². The summed E-state index contributed by atoms with van der Waals surface area (Å²) in [6.07, 6.45) is 0.649. The lowest BCUT2D eigenvalue weighted by atomic mass is 10.1. The van der Waals surface area contributed by atoms with Crippen molar-refractivity contribution in [1.82, 2.24) is 14.8 Å². The summed E-state index contributed by atoms with van der Waals surface area (Å²) in [5.74, 6) is 1.13. The van der Waals surface area contributed by atoms with E-state index in [0.717, 1.165) is 11.3 Å². The number of nitrogens with zero attached hydrogens (tertiary/aromatic N) is 3. The van der Waals surface area contributed by atoms with Gasteiger partial charge in [0.2, 0.25) is 5.95 Å². The smallest absolute Gasteiger partial charge is 0.218 e. The van der Waals surface area contributed by atoms with Gasteiger partial charge in [-0.1, -0.05) is 12.1 Å². The third-order valence-electron chi connectivity index (χ3n) is 2.15. The van der Waals surface area contributed by atoms with Crippen molar-refractivity contribution in [2.24, 2.45) is 7.05 Å². The van der Waals surface area contributed by atoms with Gasteiger partial charge in [0.1, 0.15) is 0 Å². The van der Waals surface area contributed by atoms with Crippen LogP contribution >= 0.6 is 0 Å². The molecule has 5 nitrogen and oxygen atoms in total. The molecule has 78 valence electrons. The number of aryl methyl sites for hydroxylation is 1. The van der Waals surface area contributed by atoms with Crippen LogP contribution in [0.4, 0.5) is 11.6 Å². The Labute approximate surface area is 87.7 Å². The number of benzene rings is 1. The van der Waals surface area contributed by atoms with Gasteiger partial charge in [-0.15, -0.1) is 0 Å². The van der Waals surface area contributed by atoms with Gasteiger partial charge in [0, 0.05) is 19.2 Å². The van der Waals surface area contributed by atoms with Gasteiger partial charge < -0.3 is 11.5 Å². The Bertz CT molecular complexity index is 455. The van der Waals surface area contributed by atoms with Crippen LogP contribution in [-0.2, 0) is 13.5 Å². The van der Waals surface area contributed by atoms with Gasteiger partial charge in [-0.25, -0.2) is 4.68 Å². The summed E-state index contributed by atoms with van der Waals surface area (Å²) < 4.78 is 1.56. The Morgan fingerprint density at radius 2 is 2.13 bits per heavy atom. The molecule has 2 rings (SSSR count). The van der Waals surface area contributed by atoms with Crippen LogP contribution in [0.1, 0.15) is 11.4 Å². The zero-order valence-electron chi connectivity index (χ0n) is 8.51. The average Bonchev–Trinajstić information content (AvgIpc) is 2.45. The molecule has 0 bridgehead atoms. The fraction of sp³-hybridized carbons (Fsp3) is 0.200. The van der Waals surface area contributed by atoms with E-state index in [1.165, 1.54) is 0 Å². The maximum Gasteiger partial charge on any atom is 0.218 e. The van der Waals surface area contributed by atoms with Crippen LogP contribution in [0.2, 0.25) is 0 Å². The number of aromatic nitrogens is 3. The highest BCUT2D eigenvalue weighted by atomic mass is 15.4. The Balaban J connectivity index is 2.22. The fourth-order valence-corrected chi connectivity index (χ4v) is 1.41. The van der Waals surface area contributed by atoms with Gasteiger partial charge in [-0.3, -0.25) is 0 Å². The summed E-state index contributed by atoms with van der Waals surface area (Å²) in [5, 5.41) is 4.17. The largest absolute Gasteiger partial charge is 0.399 e. The minimum absolute atomic E-state index is 0.425. The number of nitrogens with two attached hydrogens (primary N) is 2. The summed E-state index contributed by atoms with van der Waals surface area (Å²) in [5.41, 5.74) is 13.1. The molecule has 0 radical (unpaired) electrons. The highest BCUT2D eigenvalue weighted by molar-refractivity contribution is 5.41. The molecule has 1 aromatic carbocycles. The van der Waals surface area contributed by atoms with Gasteiger partial charge in [0.25, 0.3) is 0 Å². The lowest BCUT2D eigenvalue weighted by molar-refractivity contribution is 0.759. The predicted octanol–water partition coefficient (Wildman–Crippen LogP) is 0.570. The first-order valence-electron chi connectivity index (χ1n) is 4.65. The standard InChI is InChI=1S/C10H13N5/c1-15-10(12)13-9(14-15)6-7-3-2-4-8(11)5-7/h2-5H,6,11H2,1H3,(H2,12,13,14). The molecule has 1 aromatic heterocycles. The van der Waals surface area contributed by atoms with Crippen molar-refractivity contribution in [3.8, 4) is 0 Å². The van der Waals surface area contributed by atoms with Crippen LogP contribution < -0.4 is 11.5 Å². The molecule has 0 aliphatic rings. The highest BCUT2D eigenvalue weighted by Gasteiger charge is 2.04. The Morgan fingerprint density at radius 3 is 2.73 bits per heavy atom. The van der Waals surface area contributed by atoms with Gasteiger partial charge in [0.05, 0.1) is 0 Å². The molecule has 1 heterocycles. The molecule has 0 saturated carbocycles. The van der Waals surface area contributed by atoms with Gasteiger partial charge >= 0.3 is 0 Å². The predicted molar refractivity (Wildman–Crippen MR) is 59.1 cm³/mol. The van der Waals surface area contributed by atoms with Crippen LogP contribution in [-0.4, -0.2) is 14.8 Å². The van der Waals surface area contributed by atoms with Crippen LogP contribution in [0, 0.1) is 0 Å². The molecule has 0 saturated heterocycles. The number of nitrogen functional groups attached to an aromatic ring is 2. The second-order valence-electron chi connectivity index (χ2n) is 3.43. The van der Waals surface area contributed by atoms with E-state index in [-0.39, 0.29) is 0 Å². The summed E-state index contributed by atoms with van der Waals surface area (Å²) >= 11 is 0. The Hall–Kier alpha value is -2.04. The summed E-state index contributed by atoms with van der Waals surface area (Å²) in [6, 6.07) is 7.66. The van der Waals surface area contributed by atoms with Crippen LogP contribution in [0.5, 0.6) is 0 Å².